The van der Waals surface area contributed by atoms with Crippen molar-refractivity contribution in [3.63, 3.8) is 0 Å². The maximum Gasteiger partial charge on any atom is 0.341 e. The first-order valence-corrected chi connectivity index (χ1v) is 9.07. The topological polar surface area (TPSA) is 92.7 Å². The van der Waals surface area contributed by atoms with E-state index in [-0.39, 0.29) is 12.8 Å². The summed E-state index contributed by atoms with van der Waals surface area (Å²) >= 11 is 1.41. The third kappa shape index (κ3) is 4.56. The van der Waals surface area contributed by atoms with E-state index in [0.29, 0.717) is 23.1 Å². The lowest BCUT2D eigenvalue weighted by molar-refractivity contribution is -0.138. The Morgan fingerprint density at radius 1 is 1.33 bits per heavy atom. The lowest BCUT2D eigenvalue weighted by Crippen LogP contribution is -2.17. The molecule has 24 heavy (non-hydrogen) atoms. The van der Waals surface area contributed by atoms with Crippen LogP contribution in [0.25, 0.3) is 0 Å². The molecule has 0 bridgehead atoms. The average molecular weight is 353 g/mol. The molecule has 1 aliphatic carbocycles. The van der Waals surface area contributed by atoms with Crippen molar-refractivity contribution in [1.82, 2.24) is 0 Å². The molecule has 1 heterocycles. The fourth-order valence-electron chi connectivity index (χ4n) is 2.73. The lowest BCUT2D eigenvalue weighted by Gasteiger charge is -2.18. The Morgan fingerprint density at radius 2 is 2.08 bits per heavy atom. The molecule has 1 aromatic heterocycles. The second-order valence-corrected chi connectivity index (χ2v) is 7.24. The molecule has 0 unspecified atom stereocenters. The van der Waals surface area contributed by atoms with Crippen LogP contribution in [0.5, 0.6) is 0 Å². The summed E-state index contributed by atoms with van der Waals surface area (Å²) in [5.41, 5.74) is 1.44. The monoisotopic (exact) mass is 353 g/mol. The van der Waals surface area contributed by atoms with Crippen LogP contribution in [-0.4, -0.2) is 29.6 Å². The molecule has 1 amide bonds. The number of thiophene rings is 1. The third-order valence-electron chi connectivity index (χ3n) is 3.97. The second kappa shape index (κ2) is 8.28. The Hall–Kier alpha value is -1.89. The minimum Gasteiger partial charge on any atom is -0.481 e. The molecule has 0 radical (unpaired) electrons. The standard InChI is InChI=1S/C17H23NO5S/c1-3-8-23-17(22)15-11-5-4-10(2)9-12(11)24-16(15)18-13(19)6-7-14(20)21/h10H,3-9H2,1-2H3,(H,18,19)(H,20,21)/t10-/m1/s1. The highest BCUT2D eigenvalue weighted by atomic mass is 32.1. The van der Waals surface area contributed by atoms with E-state index in [9.17, 15) is 14.4 Å². The van der Waals surface area contributed by atoms with E-state index in [4.69, 9.17) is 9.84 Å². The van der Waals surface area contributed by atoms with Gasteiger partial charge in [0.15, 0.2) is 0 Å². The molecular formula is C17H23NO5S. The number of ether oxygens (including phenoxy) is 1. The molecule has 0 aromatic carbocycles. The number of esters is 1. The van der Waals surface area contributed by atoms with Crippen LogP contribution in [0.3, 0.4) is 0 Å². The number of anilines is 1. The van der Waals surface area contributed by atoms with Crippen LogP contribution < -0.4 is 5.32 Å². The predicted octanol–water partition coefficient (Wildman–Crippen LogP) is 3.24. The van der Waals surface area contributed by atoms with Crippen molar-refractivity contribution >= 4 is 34.2 Å². The maximum absolute atomic E-state index is 12.4. The minimum atomic E-state index is -1.02. The molecule has 0 saturated carbocycles. The molecule has 2 rings (SSSR count). The van der Waals surface area contributed by atoms with E-state index in [1.54, 1.807) is 0 Å². The molecule has 6 nitrogen and oxygen atoms in total. The van der Waals surface area contributed by atoms with Crippen LogP contribution >= 0.6 is 11.3 Å². The van der Waals surface area contributed by atoms with Crippen LogP contribution in [0.1, 0.15) is 60.3 Å². The number of rotatable bonds is 7. The maximum atomic E-state index is 12.4. The second-order valence-electron chi connectivity index (χ2n) is 6.13. The molecular weight excluding hydrogens is 330 g/mol. The molecule has 1 atom stereocenters. The summed E-state index contributed by atoms with van der Waals surface area (Å²) in [4.78, 5) is 36.1. The zero-order valence-electron chi connectivity index (χ0n) is 14.0. The molecule has 2 N–H and O–H groups in total. The summed E-state index contributed by atoms with van der Waals surface area (Å²) in [6.45, 7) is 4.43. The Labute approximate surface area is 145 Å². The zero-order valence-corrected chi connectivity index (χ0v) is 14.8. The van der Waals surface area contributed by atoms with Gasteiger partial charge in [0, 0.05) is 11.3 Å². The molecule has 1 aliphatic rings. The number of amides is 1. The third-order valence-corrected chi connectivity index (χ3v) is 5.14. The van der Waals surface area contributed by atoms with Gasteiger partial charge in [-0.15, -0.1) is 11.3 Å². The van der Waals surface area contributed by atoms with Crippen LogP contribution in [0, 0.1) is 5.92 Å². The quantitative estimate of drug-likeness (QED) is 0.734. The van der Waals surface area contributed by atoms with Gasteiger partial charge in [0.1, 0.15) is 5.00 Å². The zero-order chi connectivity index (χ0) is 17.7. The summed E-state index contributed by atoms with van der Waals surface area (Å²) in [5, 5.41) is 11.9. The number of carbonyl (C=O) groups excluding carboxylic acids is 2. The number of fused-ring (bicyclic) bond motifs is 1. The first-order valence-electron chi connectivity index (χ1n) is 8.25. The number of hydrogen-bond acceptors (Lipinski definition) is 5. The first-order chi connectivity index (χ1) is 11.4. The Bertz CT molecular complexity index is 637. The molecule has 0 fully saturated rings. The Balaban J connectivity index is 2.23. The first kappa shape index (κ1) is 18.4. The molecule has 7 heteroatoms. The van der Waals surface area contributed by atoms with Crippen LogP contribution in [0.2, 0.25) is 0 Å². The van der Waals surface area contributed by atoms with Gasteiger partial charge >= 0.3 is 11.9 Å². The van der Waals surface area contributed by atoms with E-state index in [2.05, 4.69) is 12.2 Å². The van der Waals surface area contributed by atoms with Gasteiger partial charge in [-0.1, -0.05) is 13.8 Å². The Morgan fingerprint density at radius 3 is 2.75 bits per heavy atom. The van der Waals surface area contributed by atoms with Gasteiger partial charge in [-0.3, -0.25) is 9.59 Å². The molecule has 0 aliphatic heterocycles. The fourth-order valence-corrected chi connectivity index (χ4v) is 4.15. The van der Waals surface area contributed by atoms with Gasteiger partial charge in [0.25, 0.3) is 0 Å². The molecule has 0 spiro atoms. The summed E-state index contributed by atoms with van der Waals surface area (Å²) in [5.74, 6) is -1.27. The van der Waals surface area contributed by atoms with Gasteiger partial charge in [-0.2, -0.15) is 0 Å². The van der Waals surface area contributed by atoms with Gasteiger partial charge in [0.2, 0.25) is 5.91 Å². The van der Waals surface area contributed by atoms with Crippen LogP contribution in [0.15, 0.2) is 0 Å². The van der Waals surface area contributed by atoms with E-state index >= 15 is 0 Å². The van der Waals surface area contributed by atoms with E-state index in [1.807, 2.05) is 6.92 Å². The smallest absolute Gasteiger partial charge is 0.341 e. The number of nitrogens with one attached hydrogen (secondary N) is 1. The highest BCUT2D eigenvalue weighted by molar-refractivity contribution is 7.17. The molecule has 0 saturated heterocycles. The van der Waals surface area contributed by atoms with Crippen LogP contribution in [0.4, 0.5) is 5.00 Å². The number of carboxylic acids is 1. The number of carboxylic acid groups (broad SMARTS) is 1. The molecule has 1 aromatic rings. The van der Waals surface area contributed by atoms with Gasteiger partial charge < -0.3 is 15.2 Å². The van der Waals surface area contributed by atoms with Crippen molar-refractivity contribution in [3.05, 3.63) is 16.0 Å². The summed E-state index contributed by atoms with van der Waals surface area (Å²) in [7, 11) is 0. The largest absolute Gasteiger partial charge is 0.481 e. The van der Waals surface area contributed by atoms with Gasteiger partial charge in [0.05, 0.1) is 18.6 Å². The van der Waals surface area contributed by atoms with Crippen molar-refractivity contribution in [3.8, 4) is 0 Å². The normalized spacial score (nSPS) is 16.3. The summed E-state index contributed by atoms with van der Waals surface area (Å²) in [6, 6.07) is 0. The van der Waals surface area contributed by atoms with E-state index < -0.39 is 17.8 Å². The average Bonchev–Trinajstić information content (AvgIpc) is 2.87. The number of aliphatic carboxylic acids is 1. The highest BCUT2D eigenvalue weighted by Crippen LogP contribution is 2.40. The predicted molar refractivity (Wildman–Crippen MR) is 91.6 cm³/mol. The van der Waals surface area contributed by atoms with Gasteiger partial charge in [-0.05, 0) is 37.2 Å². The SMILES string of the molecule is CCCOC(=O)c1c(NC(=O)CCC(=O)O)sc2c1CC[C@@H](C)C2. The van der Waals surface area contributed by atoms with E-state index in [1.165, 1.54) is 11.3 Å². The number of hydrogen-bond donors (Lipinski definition) is 2. The minimum absolute atomic E-state index is 0.113. The lowest BCUT2D eigenvalue weighted by atomic mass is 9.88. The van der Waals surface area contributed by atoms with Crippen molar-refractivity contribution in [1.29, 1.82) is 0 Å². The van der Waals surface area contributed by atoms with Gasteiger partial charge in [-0.25, -0.2) is 4.79 Å². The summed E-state index contributed by atoms with van der Waals surface area (Å²) < 4.78 is 5.27. The summed E-state index contributed by atoms with van der Waals surface area (Å²) in [6.07, 6.45) is 3.08. The Kier molecular flexibility index (Phi) is 6.36. The van der Waals surface area contributed by atoms with Crippen molar-refractivity contribution in [2.75, 3.05) is 11.9 Å². The molecule has 132 valence electrons. The van der Waals surface area contributed by atoms with Crippen molar-refractivity contribution in [2.24, 2.45) is 5.92 Å². The highest BCUT2D eigenvalue weighted by Gasteiger charge is 2.29. The van der Waals surface area contributed by atoms with Crippen molar-refractivity contribution < 1.29 is 24.2 Å². The van der Waals surface area contributed by atoms with E-state index in [0.717, 1.165) is 36.1 Å². The number of carbonyl (C=O) groups is 3. The van der Waals surface area contributed by atoms with Crippen LogP contribution in [-0.2, 0) is 27.2 Å². The van der Waals surface area contributed by atoms with Crippen molar-refractivity contribution in [2.45, 2.75) is 52.4 Å². The fraction of sp³-hybridized carbons (Fsp3) is 0.588.